The molecule has 2 atom stereocenters. The maximum atomic E-state index is 13.9. The molecule has 0 saturated carbocycles. The molecule has 186 valence electrons. The van der Waals surface area contributed by atoms with Crippen LogP contribution >= 0.6 is 11.8 Å². The Bertz CT molecular complexity index is 797. The van der Waals surface area contributed by atoms with Gasteiger partial charge in [-0.2, -0.15) is 11.8 Å². The highest BCUT2D eigenvalue weighted by atomic mass is 32.2. The van der Waals surface area contributed by atoms with Crippen molar-refractivity contribution >= 4 is 29.5 Å². The van der Waals surface area contributed by atoms with Gasteiger partial charge >= 0.3 is 5.97 Å². The molecular weight excluding hydrogens is 438 g/mol. The van der Waals surface area contributed by atoms with Gasteiger partial charge in [0.2, 0.25) is 0 Å². The summed E-state index contributed by atoms with van der Waals surface area (Å²) in [7, 11) is 1.41. The lowest BCUT2D eigenvalue weighted by Gasteiger charge is -2.38. The standard InChI is InChI=1S/C24H41N5O3S/c1-16(2)15-29(18-11-17(12-25-13-18)22(31)32-6)21(30)19-14-27-23(24(3,4)5)28-20(19)26-9-8-10-33-7/h14,16-18,25H,8-13,15H2,1-7H3,(H,26,27,28). The summed E-state index contributed by atoms with van der Waals surface area (Å²) in [6.07, 6.45) is 5.30. The Morgan fingerprint density at radius 1 is 1.33 bits per heavy atom. The number of amides is 1. The maximum absolute atomic E-state index is 13.9. The van der Waals surface area contributed by atoms with Crippen LogP contribution in [0, 0.1) is 11.8 Å². The number of nitrogens with zero attached hydrogens (tertiary/aromatic N) is 3. The number of thioether (sulfide) groups is 1. The summed E-state index contributed by atoms with van der Waals surface area (Å²) in [4.78, 5) is 37.2. The van der Waals surface area contributed by atoms with E-state index < -0.39 is 0 Å². The Morgan fingerprint density at radius 3 is 2.67 bits per heavy atom. The van der Waals surface area contributed by atoms with Gasteiger partial charge in [0.05, 0.1) is 13.0 Å². The Morgan fingerprint density at radius 2 is 2.06 bits per heavy atom. The lowest BCUT2D eigenvalue weighted by atomic mass is 9.93. The Kier molecular flexibility index (Phi) is 10.4. The number of rotatable bonds is 10. The maximum Gasteiger partial charge on any atom is 0.310 e. The van der Waals surface area contributed by atoms with Crippen molar-refractivity contribution in [2.45, 2.75) is 58.9 Å². The van der Waals surface area contributed by atoms with Crippen molar-refractivity contribution in [1.29, 1.82) is 0 Å². The quantitative estimate of drug-likeness (QED) is 0.390. The second-order valence-corrected chi connectivity index (χ2v) is 11.1. The molecule has 9 heteroatoms. The van der Waals surface area contributed by atoms with E-state index in [9.17, 15) is 9.59 Å². The molecular formula is C24H41N5O3S. The number of aromatic nitrogens is 2. The van der Waals surface area contributed by atoms with Crippen LogP contribution in [0.3, 0.4) is 0 Å². The second kappa shape index (κ2) is 12.6. The average Bonchev–Trinajstić information content (AvgIpc) is 2.78. The van der Waals surface area contributed by atoms with Crippen LogP contribution in [0.1, 0.15) is 63.6 Å². The number of carbonyl (C=O) groups is 2. The lowest BCUT2D eigenvalue weighted by Crippen LogP contribution is -2.53. The van der Waals surface area contributed by atoms with Crippen molar-refractivity contribution in [2.24, 2.45) is 11.8 Å². The number of ether oxygens (including phenoxy) is 1. The van der Waals surface area contributed by atoms with Gasteiger partial charge in [-0.05, 0) is 30.8 Å². The first kappa shape index (κ1) is 27.4. The number of hydrogen-bond acceptors (Lipinski definition) is 8. The van der Waals surface area contributed by atoms with Crippen LogP contribution in [0.5, 0.6) is 0 Å². The van der Waals surface area contributed by atoms with E-state index in [2.05, 4.69) is 56.5 Å². The third-order valence-corrected chi connectivity index (χ3v) is 6.33. The Balaban J connectivity index is 2.36. The molecule has 0 spiro atoms. The molecule has 1 fully saturated rings. The molecule has 1 aromatic heterocycles. The topological polar surface area (TPSA) is 96.5 Å². The van der Waals surface area contributed by atoms with Gasteiger partial charge in [0.25, 0.3) is 5.91 Å². The normalized spacial score (nSPS) is 18.8. The Labute approximate surface area is 203 Å². The molecule has 2 unspecified atom stereocenters. The summed E-state index contributed by atoms with van der Waals surface area (Å²) in [6, 6.07) is -0.107. The monoisotopic (exact) mass is 479 g/mol. The first-order valence-electron chi connectivity index (χ1n) is 11.8. The summed E-state index contributed by atoms with van der Waals surface area (Å²) in [5.74, 6) is 2.00. The fraction of sp³-hybridized carbons (Fsp3) is 0.750. The molecule has 2 rings (SSSR count). The second-order valence-electron chi connectivity index (χ2n) is 10.1. The van der Waals surface area contributed by atoms with Gasteiger partial charge in [-0.25, -0.2) is 9.97 Å². The first-order valence-corrected chi connectivity index (χ1v) is 13.2. The van der Waals surface area contributed by atoms with Gasteiger partial charge in [0, 0.05) is 43.8 Å². The van der Waals surface area contributed by atoms with Gasteiger partial charge in [-0.15, -0.1) is 0 Å². The number of hydrogen-bond donors (Lipinski definition) is 2. The highest BCUT2D eigenvalue weighted by Gasteiger charge is 2.35. The number of esters is 1. The molecule has 33 heavy (non-hydrogen) atoms. The molecule has 0 bridgehead atoms. The van der Waals surface area contributed by atoms with E-state index in [-0.39, 0.29) is 35.2 Å². The summed E-state index contributed by atoms with van der Waals surface area (Å²) in [5.41, 5.74) is 0.253. The molecule has 0 radical (unpaired) electrons. The minimum Gasteiger partial charge on any atom is -0.469 e. The predicted octanol–water partition coefficient (Wildman–Crippen LogP) is 3.19. The Hall–Kier alpha value is -1.87. The van der Waals surface area contributed by atoms with Gasteiger partial charge in [-0.1, -0.05) is 34.6 Å². The van der Waals surface area contributed by atoms with E-state index in [1.54, 1.807) is 18.0 Å². The minimum absolute atomic E-state index is 0.103. The van der Waals surface area contributed by atoms with Gasteiger partial charge < -0.3 is 20.3 Å². The van der Waals surface area contributed by atoms with Crippen LogP contribution < -0.4 is 10.6 Å². The SMILES string of the molecule is COC(=O)C1CNCC(N(CC(C)C)C(=O)c2cnc(C(C)(C)C)nc2NCCCSC)C1. The van der Waals surface area contributed by atoms with Gasteiger partial charge in [0.15, 0.2) is 0 Å². The first-order chi connectivity index (χ1) is 15.6. The molecule has 8 nitrogen and oxygen atoms in total. The largest absolute Gasteiger partial charge is 0.469 e. The predicted molar refractivity (Wildman–Crippen MR) is 135 cm³/mol. The highest BCUT2D eigenvalue weighted by molar-refractivity contribution is 7.98. The van der Waals surface area contributed by atoms with E-state index in [1.165, 1.54) is 7.11 Å². The van der Waals surface area contributed by atoms with Crippen LogP contribution in [-0.2, 0) is 14.9 Å². The fourth-order valence-electron chi connectivity index (χ4n) is 3.91. The van der Waals surface area contributed by atoms with Crippen LogP contribution in [0.25, 0.3) is 0 Å². The third-order valence-electron chi connectivity index (χ3n) is 5.63. The van der Waals surface area contributed by atoms with E-state index in [4.69, 9.17) is 9.72 Å². The number of anilines is 1. The fourth-order valence-corrected chi connectivity index (χ4v) is 4.34. The highest BCUT2D eigenvalue weighted by Crippen LogP contribution is 2.25. The number of carbonyl (C=O) groups excluding carboxylic acids is 2. The zero-order valence-electron chi connectivity index (χ0n) is 21.2. The molecule has 1 aromatic rings. The van der Waals surface area contributed by atoms with Crippen molar-refractivity contribution in [1.82, 2.24) is 20.2 Å². The number of methoxy groups -OCH3 is 1. The summed E-state index contributed by atoms with van der Waals surface area (Å²) in [6.45, 7) is 12.9. The molecule has 2 N–H and O–H groups in total. The minimum atomic E-state index is -0.264. The molecule has 1 amide bonds. The number of piperidine rings is 1. The van der Waals surface area contributed by atoms with Crippen molar-refractivity contribution < 1.29 is 14.3 Å². The van der Waals surface area contributed by atoms with E-state index >= 15 is 0 Å². The smallest absolute Gasteiger partial charge is 0.310 e. The van der Waals surface area contributed by atoms with Crippen molar-refractivity contribution in [2.75, 3.05) is 50.6 Å². The van der Waals surface area contributed by atoms with E-state index in [0.717, 1.165) is 18.7 Å². The zero-order valence-corrected chi connectivity index (χ0v) is 22.1. The molecule has 2 heterocycles. The van der Waals surface area contributed by atoms with Crippen molar-refractivity contribution in [3.05, 3.63) is 17.6 Å². The molecule has 1 aliphatic heterocycles. The summed E-state index contributed by atoms with van der Waals surface area (Å²) >= 11 is 1.80. The van der Waals surface area contributed by atoms with Gasteiger partial charge in [-0.3, -0.25) is 9.59 Å². The van der Waals surface area contributed by atoms with E-state index in [0.29, 0.717) is 43.3 Å². The van der Waals surface area contributed by atoms with Crippen molar-refractivity contribution in [3.63, 3.8) is 0 Å². The molecule has 0 aromatic carbocycles. The van der Waals surface area contributed by atoms with Crippen LogP contribution in [-0.4, -0.2) is 78.1 Å². The molecule has 1 saturated heterocycles. The lowest BCUT2D eigenvalue weighted by molar-refractivity contribution is -0.146. The van der Waals surface area contributed by atoms with Crippen LogP contribution in [0.2, 0.25) is 0 Å². The van der Waals surface area contributed by atoms with Gasteiger partial charge in [0.1, 0.15) is 17.2 Å². The van der Waals surface area contributed by atoms with Crippen LogP contribution in [0.4, 0.5) is 5.82 Å². The van der Waals surface area contributed by atoms with E-state index in [1.807, 2.05) is 4.90 Å². The summed E-state index contributed by atoms with van der Waals surface area (Å²) < 4.78 is 4.96. The van der Waals surface area contributed by atoms with Crippen LogP contribution in [0.15, 0.2) is 6.20 Å². The summed E-state index contributed by atoms with van der Waals surface area (Å²) in [5, 5.41) is 6.70. The number of nitrogens with one attached hydrogen (secondary N) is 2. The zero-order chi connectivity index (χ0) is 24.6. The molecule has 1 aliphatic rings. The van der Waals surface area contributed by atoms with Crippen molar-refractivity contribution in [3.8, 4) is 0 Å². The average molecular weight is 480 g/mol. The molecule has 0 aliphatic carbocycles. The third kappa shape index (κ3) is 7.84.